The minimum absolute atomic E-state index is 0.380. The molecule has 0 N–H and O–H groups in total. The number of anilines is 3. The van der Waals surface area contributed by atoms with E-state index in [4.69, 9.17) is 0 Å². The maximum atomic E-state index is 11.2. The molecule has 7 nitrogen and oxygen atoms in total. The first-order valence-corrected chi connectivity index (χ1v) is 11.5. The molecule has 3 aromatic heterocycles. The highest BCUT2D eigenvalue weighted by atomic mass is 16.1. The average Bonchev–Trinajstić information content (AvgIpc) is 2.96. The molecule has 0 amide bonds. The lowest BCUT2D eigenvalue weighted by Crippen LogP contribution is -2.10. The molecule has 0 radical (unpaired) electrons. The van der Waals surface area contributed by atoms with Gasteiger partial charge in [-0.25, -0.2) is 15.0 Å². The van der Waals surface area contributed by atoms with E-state index in [-0.39, 0.29) is 0 Å². The highest BCUT2D eigenvalue weighted by molar-refractivity contribution is 5.94. The molecule has 0 aliphatic carbocycles. The predicted molar refractivity (Wildman–Crippen MR) is 143 cm³/mol. The Balaban J connectivity index is 1.55. The van der Waals surface area contributed by atoms with Gasteiger partial charge in [0.25, 0.3) is 0 Å². The van der Waals surface area contributed by atoms with Gasteiger partial charge in [0.2, 0.25) is 0 Å². The molecule has 0 unspecified atom stereocenters. The van der Waals surface area contributed by atoms with Crippen LogP contribution >= 0.6 is 0 Å². The second-order valence-electron chi connectivity index (χ2n) is 8.53. The Morgan fingerprint density at radius 2 is 0.757 bits per heavy atom. The van der Waals surface area contributed by atoms with Gasteiger partial charge in [0.1, 0.15) is 17.1 Å². The van der Waals surface area contributed by atoms with Crippen molar-refractivity contribution in [3.05, 3.63) is 108 Å². The van der Waals surface area contributed by atoms with Gasteiger partial charge in [0.15, 0.2) is 18.9 Å². The van der Waals surface area contributed by atoms with Crippen LogP contribution in [0.2, 0.25) is 0 Å². The first-order valence-electron chi connectivity index (χ1n) is 11.5. The summed E-state index contributed by atoms with van der Waals surface area (Å²) in [5.41, 5.74) is 5.98. The monoisotopic (exact) mass is 482 g/mol. The molecule has 0 fully saturated rings. The number of carbonyl (C=O) groups excluding carboxylic acids is 3. The van der Waals surface area contributed by atoms with Crippen molar-refractivity contribution in [3.63, 3.8) is 0 Å². The van der Waals surface area contributed by atoms with E-state index in [9.17, 15) is 14.4 Å². The lowest BCUT2D eigenvalue weighted by atomic mass is 10.1. The number of benzene rings is 3. The van der Waals surface area contributed by atoms with E-state index in [1.165, 1.54) is 0 Å². The van der Waals surface area contributed by atoms with Gasteiger partial charge < -0.3 is 4.90 Å². The zero-order valence-electron chi connectivity index (χ0n) is 19.4. The number of aromatic nitrogens is 3. The molecule has 3 aromatic carbocycles. The van der Waals surface area contributed by atoms with Gasteiger partial charge in [0.05, 0.1) is 16.6 Å². The van der Waals surface area contributed by atoms with Gasteiger partial charge in [-0.2, -0.15) is 0 Å². The molecule has 37 heavy (non-hydrogen) atoms. The molecule has 0 bridgehead atoms. The van der Waals surface area contributed by atoms with E-state index < -0.39 is 0 Å². The van der Waals surface area contributed by atoms with Crippen molar-refractivity contribution in [1.29, 1.82) is 0 Å². The molecular weight excluding hydrogens is 464 g/mol. The Bertz CT molecular complexity index is 1650. The van der Waals surface area contributed by atoms with Gasteiger partial charge in [-0.15, -0.1) is 0 Å². The van der Waals surface area contributed by atoms with Crippen LogP contribution in [0.4, 0.5) is 17.1 Å². The first-order chi connectivity index (χ1) is 18.1. The van der Waals surface area contributed by atoms with Crippen LogP contribution in [-0.2, 0) is 0 Å². The average molecular weight is 482 g/mol. The summed E-state index contributed by atoms with van der Waals surface area (Å²) in [6.07, 6.45) is 2.20. The molecule has 0 spiro atoms. The number of hydrogen-bond donors (Lipinski definition) is 0. The third-order valence-electron chi connectivity index (χ3n) is 6.22. The molecule has 0 saturated carbocycles. The number of hydrogen-bond acceptors (Lipinski definition) is 7. The van der Waals surface area contributed by atoms with Crippen LogP contribution in [0.15, 0.2) is 91.0 Å². The van der Waals surface area contributed by atoms with Gasteiger partial charge in [0, 0.05) is 33.2 Å². The van der Waals surface area contributed by atoms with Crippen LogP contribution in [0, 0.1) is 0 Å². The third-order valence-corrected chi connectivity index (χ3v) is 6.22. The SMILES string of the molecule is O=Cc1ccc2cc(N(c3ccc4nc(C=O)ccc4c3)c3ccc4nc(C=O)ccc4c3)ccc2n1. The quantitative estimate of drug-likeness (QED) is 0.259. The van der Waals surface area contributed by atoms with Crippen molar-refractivity contribution in [1.82, 2.24) is 15.0 Å². The van der Waals surface area contributed by atoms with E-state index in [0.717, 1.165) is 68.6 Å². The molecule has 6 rings (SSSR count). The molecule has 0 saturated heterocycles. The fourth-order valence-corrected chi connectivity index (χ4v) is 4.45. The Morgan fingerprint density at radius 1 is 0.432 bits per heavy atom. The summed E-state index contributed by atoms with van der Waals surface area (Å²) >= 11 is 0. The van der Waals surface area contributed by atoms with Gasteiger partial charge in [-0.3, -0.25) is 14.4 Å². The number of aldehydes is 3. The molecule has 176 valence electrons. The van der Waals surface area contributed by atoms with E-state index >= 15 is 0 Å². The van der Waals surface area contributed by atoms with E-state index in [0.29, 0.717) is 17.1 Å². The zero-order valence-corrected chi connectivity index (χ0v) is 19.4. The Labute approximate surface area is 211 Å². The second-order valence-corrected chi connectivity index (χ2v) is 8.53. The highest BCUT2D eigenvalue weighted by Crippen LogP contribution is 2.38. The van der Waals surface area contributed by atoms with Crippen molar-refractivity contribution in [2.75, 3.05) is 4.90 Å². The van der Waals surface area contributed by atoms with Crippen LogP contribution in [0.1, 0.15) is 31.5 Å². The molecule has 0 atom stereocenters. The molecule has 6 aromatic rings. The Hall–Kier alpha value is -5.30. The predicted octanol–water partition coefficient (Wildman–Crippen LogP) is 6.24. The van der Waals surface area contributed by atoms with Crippen LogP contribution in [-0.4, -0.2) is 33.8 Å². The fourth-order valence-electron chi connectivity index (χ4n) is 4.45. The van der Waals surface area contributed by atoms with Crippen LogP contribution in [0.5, 0.6) is 0 Å². The van der Waals surface area contributed by atoms with Crippen LogP contribution in [0.3, 0.4) is 0 Å². The summed E-state index contributed by atoms with van der Waals surface area (Å²) in [5, 5.41) is 2.68. The molecule has 0 aliphatic heterocycles. The van der Waals surface area contributed by atoms with E-state index in [2.05, 4.69) is 19.9 Å². The summed E-state index contributed by atoms with van der Waals surface area (Å²) < 4.78 is 0. The topological polar surface area (TPSA) is 93.1 Å². The molecule has 0 aliphatic rings. The molecule has 3 heterocycles. The number of rotatable bonds is 6. The standard InChI is InChI=1S/C30H18N4O3/c35-16-22-4-1-19-13-25(7-10-28(19)31-22)34(26-8-11-29-20(14-26)2-5-23(17-36)32-29)27-9-12-30-21(15-27)3-6-24(18-37)33-30/h1-18H. The van der Waals surface area contributed by atoms with E-state index in [1.54, 1.807) is 18.2 Å². The fraction of sp³-hybridized carbons (Fsp3) is 0. The van der Waals surface area contributed by atoms with Crippen molar-refractivity contribution in [2.24, 2.45) is 0 Å². The summed E-state index contributed by atoms with van der Waals surface area (Å²) in [6.45, 7) is 0. The normalized spacial score (nSPS) is 11.0. The molecule has 7 heteroatoms. The largest absolute Gasteiger partial charge is 0.310 e. The van der Waals surface area contributed by atoms with Crippen LogP contribution in [0.25, 0.3) is 32.7 Å². The smallest absolute Gasteiger partial charge is 0.168 e. The van der Waals surface area contributed by atoms with E-state index in [1.807, 2.05) is 72.8 Å². The number of nitrogens with zero attached hydrogens (tertiary/aromatic N) is 4. The minimum atomic E-state index is 0.380. The first kappa shape index (κ1) is 22.2. The third kappa shape index (κ3) is 4.08. The van der Waals surface area contributed by atoms with Crippen molar-refractivity contribution >= 4 is 68.6 Å². The maximum absolute atomic E-state index is 11.2. The Kier molecular flexibility index (Phi) is 5.43. The Morgan fingerprint density at radius 3 is 1.05 bits per heavy atom. The summed E-state index contributed by atoms with van der Waals surface area (Å²) in [7, 11) is 0. The number of fused-ring (bicyclic) bond motifs is 3. The van der Waals surface area contributed by atoms with Gasteiger partial charge in [-0.05, 0) is 72.8 Å². The minimum Gasteiger partial charge on any atom is -0.310 e. The summed E-state index contributed by atoms with van der Waals surface area (Å²) in [4.78, 5) is 48.8. The van der Waals surface area contributed by atoms with Gasteiger partial charge in [-0.1, -0.05) is 18.2 Å². The lowest BCUT2D eigenvalue weighted by molar-refractivity contribution is 0.111. The summed E-state index contributed by atoms with van der Waals surface area (Å²) in [6, 6.07) is 28.3. The molecular formula is C30H18N4O3. The van der Waals surface area contributed by atoms with Crippen molar-refractivity contribution < 1.29 is 14.4 Å². The van der Waals surface area contributed by atoms with Gasteiger partial charge >= 0.3 is 0 Å². The number of carbonyl (C=O) groups is 3. The number of pyridine rings is 3. The van der Waals surface area contributed by atoms with Crippen molar-refractivity contribution in [2.45, 2.75) is 0 Å². The van der Waals surface area contributed by atoms with Crippen molar-refractivity contribution in [3.8, 4) is 0 Å². The highest BCUT2D eigenvalue weighted by Gasteiger charge is 2.15. The lowest BCUT2D eigenvalue weighted by Gasteiger charge is -2.26. The maximum Gasteiger partial charge on any atom is 0.168 e. The second kappa shape index (κ2) is 9.05. The summed E-state index contributed by atoms with van der Waals surface area (Å²) in [5.74, 6) is 0. The zero-order chi connectivity index (χ0) is 25.4. The van der Waals surface area contributed by atoms with Crippen LogP contribution < -0.4 is 4.90 Å².